The van der Waals surface area contributed by atoms with E-state index in [4.69, 9.17) is 23.2 Å². The molecule has 1 aliphatic carbocycles. The topological polar surface area (TPSA) is 86.8 Å². The number of aryl methyl sites for hydroxylation is 1. The fraction of sp³-hybridized carbons (Fsp3) is 0.500. The molecule has 0 spiro atoms. The van der Waals surface area contributed by atoms with Crippen LogP contribution in [0.4, 0.5) is 5.69 Å². The maximum absolute atomic E-state index is 13.8. The van der Waals surface area contributed by atoms with Crippen LogP contribution in [0.2, 0.25) is 10.0 Å². The summed E-state index contributed by atoms with van der Waals surface area (Å²) in [6, 6.07) is 11.3. The third kappa shape index (κ3) is 8.10. The summed E-state index contributed by atoms with van der Waals surface area (Å²) in [5, 5.41) is 3.95. The quantitative estimate of drug-likeness (QED) is 0.375. The van der Waals surface area contributed by atoms with E-state index in [2.05, 4.69) is 5.32 Å². The number of nitrogens with one attached hydrogen (secondary N) is 1. The summed E-state index contributed by atoms with van der Waals surface area (Å²) in [6.45, 7) is 3.45. The Bertz CT molecular complexity index is 1220. The number of benzene rings is 2. The number of anilines is 1. The number of carbonyl (C=O) groups excluding carboxylic acids is 2. The summed E-state index contributed by atoms with van der Waals surface area (Å²) in [5.41, 5.74) is 2.06. The standard InChI is InChI=1S/C28H37Cl2N3O4S/c1-4-20-11-15-24(16-12-20)33(38(3,36)37)19-27(34)32(18-21-13-14-22(29)17-25(21)30)26(5-2)28(35)31-23-9-7-6-8-10-23/h11-17,23,26H,4-10,18-19H2,1-3H3,(H,31,35)/t26-/m0/s1. The monoisotopic (exact) mass is 581 g/mol. The van der Waals surface area contributed by atoms with Crippen LogP contribution in [0, 0.1) is 0 Å². The average molecular weight is 583 g/mol. The molecule has 208 valence electrons. The molecule has 10 heteroatoms. The third-order valence-corrected chi connectivity index (χ3v) is 8.73. The molecule has 1 aliphatic rings. The molecule has 0 aromatic heterocycles. The van der Waals surface area contributed by atoms with Crippen LogP contribution in [0.15, 0.2) is 42.5 Å². The second kappa shape index (κ2) is 13.7. The number of hydrogen-bond donors (Lipinski definition) is 1. The molecular weight excluding hydrogens is 545 g/mol. The normalized spacial score (nSPS) is 15.1. The summed E-state index contributed by atoms with van der Waals surface area (Å²) in [6.07, 6.45) is 7.34. The van der Waals surface area contributed by atoms with Crippen molar-refractivity contribution in [3.8, 4) is 0 Å². The van der Waals surface area contributed by atoms with Crippen LogP contribution >= 0.6 is 23.2 Å². The zero-order valence-electron chi connectivity index (χ0n) is 22.3. The van der Waals surface area contributed by atoms with Gasteiger partial charge in [0.15, 0.2) is 0 Å². The summed E-state index contributed by atoms with van der Waals surface area (Å²) in [4.78, 5) is 28.7. The zero-order chi connectivity index (χ0) is 27.9. The maximum atomic E-state index is 13.8. The van der Waals surface area contributed by atoms with Crippen molar-refractivity contribution < 1.29 is 18.0 Å². The fourth-order valence-electron chi connectivity index (χ4n) is 4.81. The first-order chi connectivity index (χ1) is 18.0. The molecule has 0 saturated heterocycles. The molecule has 0 unspecified atom stereocenters. The number of rotatable bonds is 11. The second-order valence-electron chi connectivity index (χ2n) is 9.81. The van der Waals surface area contributed by atoms with E-state index in [-0.39, 0.29) is 18.5 Å². The zero-order valence-corrected chi connectivity index (χ0v) is 24.6. The minimum absolute atomic E-state index is 0.0395. The van der Waals surface area contributed by atoms with E-state index in [0.717, 1.165) is 54.6 Å². The van der Waals surface area contributed by atoms with Gasteiger partial charge in [-0.2, -0.15) is 0 Å². The summed E-state index contributed by atoms with van der Waals surface area (Å²) in [5.74, 6) is -0.734. The van der Waals surface area contributed by atoms with Gasteiger partial charge in [-0.1, -0.05) is 74.5 Å². The van der Waals surface area contributed by atoms with Gasteiger partial charge in [-0.05, 0) is 61.1 Å². The second-order valence-corrected chi connectivity index (χ2v) is 12.6. The van der Waals surface area contributed by atoms with Crippen molar-refractivity contribution in [1.29, 1.82) is 0 Å². The summed E-state index contributed by atoms with van der Waals surface area (Å²) in [7, 11) is -3.79. The van der Waals surface area contributed by atoms with E-state index in [1.165, 1.54) is 4.90 Å². The molecule has 2 amide bonds. The van der Waals surface area contributed by atoms with Crippen LogP contribution in [0.5, 0.6) is 0 Å². The van der Waals surface area contributed by atoms with Gasteiger partial charge in [0.2, 0.25) is 21.8 Å². The Labute approximate surface area is 236 Å². The van der Waals surface area contributed by atoms with Gasteiger partial charge >= 0.3 is 0 Å². The Hall–Kier alpha value is -2.29. The number of nitrogens with zero attached hydrogens (tertiary/aromatic N) is 2. The maximum Gasteiger partial charge on any atom is 0.244 e. The van der Waals surface area contributed by atoms with E-state index < -0.39 is 28.5 Å². The van der Waals surface area contributed by atoms with Crippen LogP contribution in [0.1, 0.15) is 63.5 Å². The first-order valence-corrected chi connectivity index (χ1v) is 15.7. The first kappa shape index (κ1) is 30.3. The smallest absolute Gasteiger partial charge is 0.244 e. The highest BCUT2D eigenvalue weighted by Gasteiger charge is 2.33. The highest BCUT2D eigenvalue weighted by molar-refractivity contribution is 7.92. The Morgan fingerprint density at radius 1 is 1.03 bits per heavy atom. The van der Waals surface area contributed by atoms with Gasteiger partial charge in [-0.15, -0.1) is 0 Å². The van der Waals surface area contributed by atoms with Crippen LogP contribution in [0.3, 0.4) is 0 Å². The minimum atomic E-state index is -3.79. The number of halogens is 2. The molecule has 3 rings (SSSR count). The lowest BCUT2D eigenvalue weighted by atomic mass is 9.95. The molecule has 38 heavy (non-hydrogen) atoms. The lowest BCUT2D eigenvalue weighted by Gasteiger charge is -2.34. The number of carbonyl (C=O) groups is 2. The van der Waals surface area contributed by atoms with Gasteiger partial charge in [-0.25, -0.2) is 8.42 Å². The highest BCUT2D eigenvalue weighted by atomic mass is 35.5. The van der Waals surface area contributed by atoms with E-state index >= 15 is 0 Å². The average Bonchev–Trinajstić information content (AvgIpc) is 2.88. The molecular formula is C28H37Cl2N3O4S. The van der Waals surface area contributed by atoms with Crippen LogP contribution < -0.4 is 9.62 Å². The van der Waals surface area contributed by atoms with Gasteiger partial charge in [0.1, 0.15) is 12.6 Å². The third-order valence-electron chi connectivity index (χ3n) is 7.01. The Morgan fingerprint density at radius 3 is 2.24 bits per heavy atom. The molecule has 2 aromatic rings. The number of sulfonamides is 1. The Morgan fingerprint density at radius 2 is 1.68 bits per heavy atom. The van der Waals surface area contributed by atoms with E-state index in [1.54, 1.807) is 30.3 Å². The van der Waals surface area contributed by atoms with Crippen LogP contribution in [0.25, 0.3) is 0 Å². The van der Waals surface area contributed by atoms with Crippen molar-refractivity contribution in [2.45, 2.75) is 77.4 Å². The first-order valence-electron chi connectivity index (χ1n) is 13.1. The fourth-order valence-corrected chi connectivity index (χ4v) is 6.13. The number of hydrogen-bond acceptors (Lipinski definition) is 4. The van der Waals surface area contributed by atoms with Gasteiger partial charge in [-0.3, -0.25) is 13.9 Å². The molecule has 1 saturated carbocycles. The van der Waals surface area contributed by atoms with Gasteiger partial charge < -0.3 is 10.2 Å². The van der Waals surface area contributed by atoms with Crippen molar-refractivity contribution in [2.75, 3.05) is 17.1 Å². The summed E-state index contributed by atoms with van der Waals surface area (Å²) < 4.78 is 26.6. The molecule has 0 aliphatic heterocycles. The van der Waals surface area contributed by atoms with Crippen molar-refractivity contribution >= 4 is 50.7 Å². The van der Waals surface area contributed by atoms with Crippen molar-refractivity contribution in [3.05, 3.63) is 63.6 Å². The molecule has 2 aromatic carbocycles. The Kier molecular flexibility index (Phi) is 10.9. The molecule has 0 radical (unpaired) electrons. The number of amides is 2. The largest absolute Gasteiger partial charge is 0.352 e. The lowest BCUT2D eigenvalue weighted by Crippen LogP contribution is -2.54. The minimum Gasteiger partial charge on any atom is -0.352 e. The molecule has 1 N–H and O–H groups in total. The van der Waals surface area contributed by atoms with Gasteiger partial charge in [0, 0.05) is 22.6 Å². The van der Waals surface area contributed by atoms with Crippen molar-refractivity contribution in [2.24, 2.45) is 0 Å². The molecule has 0 heterocycles. The van der Waals surface area contributed by atoms with E-state index in [0.29, 0.717) is 27.7 Å². The molecule has 0 bridgehead atoms. The SMILES string of the molecule is CCc1ccc(N(CC(=O)N(Cc2ccc(Cl)cc2Cl)[C@@H](CC)C(=O)NC2CCCCC2)S(C)(=O)=O)cc1. The Balaban J connectivity index is 1.93. The lowest BCUT2D eigenvalue weighted by molar-refractivity contribution is -0.140. The molecule has 1 atom stereocenters. The molecule has 1 fully saturated rings. The molecule has 7 nitrogen and oxygen atoms in total. The van der Waals surface area contributed by atoms with E-state index in [9.17, 15) is 18.0 Å². The predicted octanol–water partition coefficient (Wildman–Crippen LogP) is 5.58. The van der Waals surface area contributed by atoms with Crippen molar-refractivity contribution in [3.63, 3.8) is 0 Å². The highest BCUT2D eigenvalue weighted by Crippen LogP contribution is 2.25. The van der Waals surface area contributed by atoms with Crippen molar-refractivity contribution in [1.82, 2.24) is 10.2 Å². The van der Waals surface area contributed by atoms with E-state index in [1.807, 2.05) is 26.0 Å². The van der Waals surface area contributed by atoms with Gasteiger partial charge in [0.05, 0.1) is 11.9 Å². The van der Waals surface area contributed by atoms with Crippen LogP contribution in [-0.4, -0.2) is 50.0 Å². The predicted molar refractivity (Wildman–Crippen MR) is 154 cm³/mol. The van der Waals surface area contributed by atoms with Gasteiger partial charge in [0.25, 0.3) is 0 Å². The summed E-state index contributed by atoms with van der Waals surface area (Å²) >= 11 is 12.5. The van der Waals surface area contributed by atoms with Crippen LogP contribution in [-0.2, 0) is 32.6 Å².